The third kappa shape index (κ3) is 3.65. The molecule has 2 aliphatic rings. The number of nitrogens with one attached hydrogen (secondary N) is 1. The summed E-state index contributed by atoms with van der Waals surface area (Å²) in [4.78, 5) is 37.7. The van der Waals surface area contributed by atoms with Crippen molar-refractivity contribution in [1.29, 1.82) is 0 Å². The number of ketones is 1. The van der Waals surface area contributed by atoms with E-state index in [0.29, 0.717) is 24.6 Å². The summed E-state index contributed by atoms with van der Waals surface area (Å²) < 4.78 is 28.5. The first-order valence-corrected chi connectivity index (χ1v) is 10.00. The highest BCUT2D eigenvalue weighted by Crippen LogP contribution is 2.46. The Morgan fingerprint density at radius 1 is 1.23 bits per heavy atom. The number of amides is 1. The fourth-order valence-electron chi connectivity index (χ4n) is 4.05. The topological polar surface area (TPSA) is 92.5 Å². The van der Waals surface area contributed by atoms with Gasteiger partial charge in [0.1, 0.15) is 17.5 Å². The Labute approximate surface area is 180 Å². The van der Waals surface area contributed by atoms with Gasteiger partial charge >= 0.3 is 0 Å². The molecule has 1 atom stereocenters. The summed E-state index contributed by atoms with van der Waals surface area (Å²) in [6.07, 6.45) is 1.14. The molecule has 0 fully saturated rings. The molecule has 4 rings (SSSR count). The lowest BCUT2D eigenvalue weighted by atomic mass is 9.85. The Bertz CT molecular complexity index is 1150. The van der Waals surface area contributed by atoms with Crippen LogP contribution in [0.2, 0.25) is 0 Å². The summed E-state index contributed by atoms with van der Waals surface area (Å²) in [5.74, 6) is -3.14. The van der Waals surface area contributed by atoms with Crippen molar-refractivity contribution >= 4 is 40.4 Å². The number of anilines is 2. The van der Waals surface area contributed by atoms with Crippen molar-refractivity contribution in [2.75, 3.05) is 16.1 Å². The van der Waals surface area contributed by atoms with Crippen LogP contribution in [0.5, 0.6) is 0 Å². The molecule has 160 valence electrons. The van der Waals surface area contributed by atoms with E-state index in [1.165, 1.54) is 24.3 Å². The smallest absolute Gasteiger partial charge is 0.271 e. The fourth-order valence-corrected chi connectivity index (χ4v) is 4.18. The van der Waals surface area contributed by atoms with E-state index in [9.17, 15) is 28.5 Å². The zero-order valence-electron chi connectivity index (χ0n) is 16.0. The van der Waals surface area contributed by atoms with Crippen molar-refractivity contribution in [3.63, 3.8) is 0 Å². The lowest BCUT2D eigenvalue weighted by molar-refractivity contribution is -0.384. The molecular weight excluding hydrogens is 432 g/mol. The molecule has 1 heterocycles. The number of non-ortho nitro benzene ring substituents is 1. The molecule has 0 spiro atoms. The Morgan fingerprint density at radius 3 is 2.68 bits per heavy atom. The van der Waals surface area contributed by atoms with E-state index in [1.807, 2.05) is 0 Å². The number of carbonyl (C=O) groups excluding carboxylic acids is 2. The summed E-state index contributed by atoms with van der Waals surface area (Å²) in [7, 11) is 0. The van der Waals surface area contributed by atoms with Gasteiger partial charge in [-0.05, 0) is 25.0 Å². The number of hydrogen-bond acceptors (Lipinski definition) is 5. The third-order valence-corrected chi connectivity index (χ3v) is 5.59. The van der Waals surface area contributed by atoms with Crippen molar-refractivity contribution in [1.82, 2.24) is 0 Å². The fraction of sp³-hybridized carbons (Fsp3) is 0.238. The number of rotatable bonds is 3. The van der Waals surface area contributed by atoms with Crippen molar-refractivity contribution < 1.29 is 23.3 Å². The maximum Gasteiger partial charge on any atom is 0.271 e. The minimum absolute atomic E-state index is 0.0735. The number of nitro benzene ring substituents is 1. The molecule has 1 amide bonds. The van der Waals surface area contributed by atoms with Gasteiger partial charge in [0.2, 0.25) is 5.91 Å². The summed E-state index contributed by atoms with van der Waals surface area (Å²) >= 11 is 5.84. The van der Waals surface area contributed by atoms with E-state index >= 15 is 0 Å². The molecule has 0 aromatic heterocycles. The highest BCUT2D eigenvalue weighted by molar-refractivity contribution is 6.30. The van der Waals surface area contributed by atoms with Crippen molar-refractivity contribution in [2.45, 2.75) is 25.3 Å². The molecule has 0 radical (unpaired) electrons. The molecule has 0 bridgehead atoms. The van der Waals surface area contributed by atoms with Gasteiger partial charge in [0.05, 0.1) is 22.3 Å². The normalized spacial score (nSPS) is 18.1. The van der Waals surface area contributed by atoms with E-state index in [4.69, 9.17) is 11.6 Å². The second-order valence-electron chi connectivity index (χ2n) is 7.22. The Balaban J connectivity index is 2.03. The first-order valence-electron chi connectivity index (χ1n) is 9.46. The highest BCUT2D eigenvalue weighted by atomic mass is 35.5. The maximum atomic E-state index is 14.9. The van der Waals surface area contributed by atoms with Gasteiger partial charge in [0.25, 0.3) is 5.69 Å². The molecule has 0 saturated carbocycles. The predicted octanol–water partition coefficient (Wildman–Crippen LogP) is 4.62. The van der Waals surface area contributed by atoms with Gasteiger partial charge in [0.15, 0.2) is 5.78 Å². The van der Waals surface area contributed by atoms with Crippen molar-refractivity contribution in [3.8, 4) is 0 Å². The van der Waals surface area contributed by atoms with Crippen LogP contribution < -0.4 is 10.2 Å². The maximum absolute atomic E-state index is 14.9. The predicted molar refractivity (Wildman–Crippen MR) is 110 cm³/mol. The van der Waals surface area contributed by atoms with Crippen LogP contribution in [0, 0.1) is 21.7 Å². The number of benzene rings is 2. The van der Waals surface area contributed by atoms with Gasteiger partial charge < -0.3 is 5.32 Å². The Hall–Kier alpha value is -3.33. The molecule has 2 aromatic carbocycles. The molecule has 1 aliphatic carbocycles. The van der Waals surface area contributed by atoms with Crippen LogP contribution >= 0.6 is 11.6 Å². The second kappa shape index (κ2) is 8.07. The van der Waals surface area contributed by atoms with Crippen LogP contribution in [0.15, 0.2) is 47.7 Å². The SMILES string of the molecule is O=C1CCCC2=C1C(c1ccc(F)cc1F)N(C(=O)CCl)c1ccc([N+](=O)[O-])cc1N2. The quantitative estimate of drug-likeness (QED) is 0.421. The number of hydrogen-bond donors (Lipinski definition) is 1. The number of carbonyl (C=O) groups is 2. The zero-order chi connectivity index (χ0) is 22.3. The van der Waals surface area contributed by atoms with Gasteiger partial charge in [-0.2, -0.15) is 0 Å². The molecule has 2 aromatic rings. The van der Waals surface area contributed by atoms with E-state index in [1.54, 1.807) is 0 Å². The van der Waals surface area contributed by atoms with Crippen molar-refractivity contribution in [2.24, 2.45) is 0 Å². The lowest BCUT2D eigenvalue weighted by Gasteiger charge is -2.33. The van der Waals surface area contributed by atoms with Crippen LogP contribution in [0.4, 0.5) is 25.8 Å². The van der Waals surface area contributed by atoms with Gasteiger partial charge in [-0.25, -0.2) is 8.78 Å². The largest absolute Gasteiger partial charge is 0.357 e. The molecule has 1 unspecified atom stereocenters. The molecule has 10 heteroatoms. The number of halogens is 3. The van der Waals surface area contributed by atoms with Crippen LogP contribution in [0.25, 0.3) is 0 Å². The molecule has 31 heavy (non-hydrogen) atoms. The number of allylic oxidation sites excluding steroid dienone is 1. The van der Waals surface area contributed by atoms with E-state index in [0.717, 1.165) is 11.0 Å². The molecule has 7 nitrogen and oxygen atoms in total. The molecule has 0 saturated heterocycles. The van der Waals surface area contributed by atoms with Crippen LogP contribution in [0.3, 0.4) is 0 Å². The zero-order valence-corrected chi connectivity index (χ0v) is 16.8. The summed E-state index contributed by atoms with van der Waals surface area (Å²) in [5.41, 5.74) is 0.730. The van der Waals surface area contributed by atoms with Gasteiger partial charge in [0, 0.05) is 41.5 Å². The standard InChI is InChI=1S/C21H16ClF2N3O4/c22-10-19(29)26-17-7-5-12(27(30)31)9-16(17)25-15-2-1-3-18(28)20(15)21(26)13-6-4-11(23)8-14(13)24/h4-9,21,25H,1-3,10H2. The van der Waals surface area contributed by atoms with Crippen LogP contribution in [-0.2, 0) is 9.59 Å². The summed E-state index contributed by atoms with van der Waals surface area (Å²) in [5, 5.41) is 14.3. The number of Topliss-reactive ketones (excluding diaryl/α,β-unsaturated/α-hetero) is 1. The molecule has 1 aliphatic heterocycles. The minimum atomic E-state index is -1.20. The monoisotopic (exact) mass is 447 g/mol. The minimum Gasteiger partial charge on any atom is -0.357 e. The van der Waals surface area contributed by atoms with Gasteiger partial charge in [-0.1, -0.05) is 6.07 Å². The number of fused-ring (bicyclic) bond motifs is 1. The highest BCUT2D eigenvalue weighted by Gasteiger charge is 2.40. The Kier molecular flexibility index (Phi) is 5.45. The van der Waals surface area contributed by atoms with E-state index in [2.05, 4.69) is 5.32 Å². The first-order chi connectivity index (χ1) is 14.8. The van der Waals surface area contributed by atoms with Crippen LogP contribution in [0.1, 0.15) is 30.9 Å². The number of nitro groups is 1. The summed E-state index contributed by atoms with van der Waals surface area (Å²) in [6, 6.07) is 5.52. The van der Waals surface area contributed by atoms with E-state index in [-0.39, 0.29) is 40.4 Å². The van der Waals surface area contributed by atoms with Crippen molar-refractivity contribution in [3.05, 3.63) is 75.0 Å². The third-order valence-electron chi connectivity index (χ3n) is 5.36. The average Bonchev–Trinajstić information content (AvgIpc) is 2.87. The van der Waals surface area contributed by atoms with Gasteiger partial charge in [-0.3, -0.25) is 24.6 Å². The number of nitrogens with zero attached hydrogens (tertiary/aromatic N) is 2. The molecular formula is C21H16ClF2N3O4. The van der Waals surface area contributed by atoms with Crippen LogP contribution in [-0.4, -0.2) is 22.5 Å². The first kappa shape index (κ1) is 20.9. The summed E-state index contributed by atoms with van der Waals surface area (Å²) in [6.45, 7) is 0. The second-order valence-corrected chi connectivity index (χ2v) is 7.49. The average molecular weight is 448 g/mol. The lowest BCUT2D eigenvalue weighted by Crippen LogP contribution is -2.39. The Morgan fingerprint density at radius 2 is 2.00 bits per heavy atom. The van der Waals surface area contributed by atoms with E-state index < -0.39 is 34.4 Å². The number of alkyl halides is 1. The van der Waals surface area contributed by atoms with Gasteiger partial charge in [-0.15, -0.1) is 11.6 Å². The molecule has 1 N–H and O–H groups in total.